The van der Waals surface area contributed by atoms with Gasteiger partial charge in [-0.1, -0.05) is 11.6 Å². The number of hydrogen-bond donors (Lipinski definition) is 1. The number of nitrogens with zero attached hydrogens (tertiary/aromatic N) is 1. The molecule has 2 aromatic carbocycles. The van der Waals surface area contributed by atoms with Gasteiger partial charge < -0.3 is 5.32 Å². The van der Waals surface area contributed by atoms with Gasteiger partial charge in [0.15, 0.2) is 0 Å². The molecule has 25 heavy (non-hydrogen) atoms. The van der Waals surface area contributed by atoms with Gasteiger partial charge in [-0.05, 0) is 56.3 Å². The van der Waals surface area contributed by atoms with E-state index in [0.717, 1.165) is 6.07 Å². The van der Waals surface area contributed by atoms with E-state index in [0.29, 0.717) is 23.5 Å². The Morgan fingerprint density at radius 2 is 1.80 bits per heavy atom. The van der Waals surface area contributed by atoms with Gasteiger partial charge in [0, 0.05) is 17.8 Å². The Bertz CT molecular complexity index is 870. The zero-order valence-electron chi connectivity index (χ0n) is 13.8. The fourth-order valence-corrected chi connectivity index (χ4v) is 3.58. The number of carbonyl (C=O) groups excluding carboxylic acids is 1. The normalized spacial score (nSPS) is 11.2. The topological polar surface area (TPSA) is 66.5 Å². The second-order valence-electron chi connectivity index (χ2n) is 5.20. The fourth-order valence-electron chi connectivity index (χ4n) is 2.25. The summed E-state index contributed by atoms with van der Waals surface area (Å²) in [4.78, 5) is 12.2. The highest BCUT2D eigenvalue weighted by Gasteiger charge is 2.19. The molecule has 0 heterocycles. The predicted molar refractivity (Wildman–Crippen MR) is 98.3 cm³/mol. The molecule has 2 aromatic rings. The average molecular weight is 385 g/mol. The van der Waals surface area contributed by atoms with Gasteiger partial charge in [-0.25, -0.2) is 12.8 Å². The first-order valence-electron chi connectivity index (χ1n) is 7.65. The maximum Gasteiger partial charge on any atom is 0.255 e. The maximum atomic E-state index is 13.1. The molecule has 2 rings (SSSR count). The van der Waals surface area contributed by atoms with Crippen LogP contribution in [0.25, 0.3) is 0 Å². The summed E-state index contributed by atoms with van der Waals surface area (Å²) in [6.07, 6.45) is 0. The second kappa shape index (κ2) is 7.84. The molecule has 0 bridgehead atoms. The minimum Gasteiger partial charge on any atom is -0.322 e. The lowest BCUT2D eigenvalue weighted by Crippen LogP contribution is -2.32. The van der Waals surface area contributed by atoms with E-state index >= 15 is 0 Å². The van der Waals surface area contributed by atoms with Crippen LogP contribution in [-0.4, -0.2) is 26.6 Å². The molecule has 0 fully saturated rings. The Morgan fingerprint density at radius 1 is 1.16 bits per heavy atom. The van der Waals surface area contributed by atoms with Crippen molar-refractivity contribution in [3.8, 4) is 0 Å². The van der Waals surface area contributed by atoms with Gasteiger partial charge in [-0.15, -0.1) is 0 Å². The molecular formula is C17H18ClFN2O3S. The van der Waals surface area contributed by atoms with Crippen molar-refractivity contribution in [1.82, 2.24) is 0 Å². The second-order valence-corrected chi connectivity index (χ2v) is 7.78. The summed E-state index contributed by atoms with van der Waals surface area (Å²) in [6.45, 7) is 3.62. The zero-order chi connectivity index (χ0) is 18.6. The predicted octanol–water partition coefficient (Wildman–Crippen LogP) is 3.91. The number of anilines is 2. The molecule has 0 saturated heterocycles. The van der Waals surface area contributed by atoms with Crippen LogP contribution in [0.15, 0.2) is 42.5 Å². The first-order valence-corrected chi connectivity index (χ1v) is 9.64. The number of hydrogen-bond acceptors (Lipinski definition) is 3. The molecule has 8 heteroatoms. The molecule has 0 spiro atoms. The highest BCUT2D eigenvalue weighted by Crippen LogP contribution is 2.22. The van der Waals surface area contributed by atoms with Crippen molar-refractivity contribution in [3.05, 3.63) is 58.9 Å². The van der Waals surface area contributed by atoms with Crippen LogP contribution >= 0.6 is 11.6 Å². The molecular weight excluding hydrogens is 367 g/mol. The number of halogens is 2. The Morgan fingerprint density at radius 3 is 2.32 bits per heavy atom. The summed E-state index contributed by atoms with van der Waals surface area (Å²) in [5, 5.41) is 2.52. The van der Waals surface area contributed by atoms with E-state index in [1.165, 1.54) is 28.6 Å². The minimum absolute atomic E-state index is 0.00555. The van der Waals surface area contributed by atoms with Crippen LogP contribution in [0.3, 0.4) is 0 Å². The largest absolute Gasteiger partial charge is 0.322 e. The van der Waals surface area contributed by atoms with Crippen LogP contribution in [0.4, 0.5) is 15.8 Å². The van der Waals surface area contributed by atoms with Crippen LogP contribution in [0.1, 0.15) is 24.2 Å². The van der Waals surface area contributed by atoms with Gasteiger partial charge in [-0.2, -0.15) is 0 Å². The van der Waals surface area contributed by atoms with Crippen LogP contribution in [0.2, 0.25) is 5.02 Å². The van der Waals surface area contributed by atoms with E-state index < -0.39 is 21.7 Å². The van der Waals surface area contributed by atoms with E-state index in [9.17, 15) is 17.6 Å². The van der Waals surface area contributed by atoms with Gasteiger partial charge in [0.25, 0.3) is 5.91 Å². The Balaban J connectivity index is 2.18. The quantitative estimate of drug-likeness (QED) is 0.821. The Hall–Kier alpha value is -2.12. The lowest BCUT2D eigenvalue weighted by Gasteiger charge is -2.22. The molecule has 1 N–H and O–H groups in total. The first kappa shape index (κ1) is 19.2. The summed E-state index contributed by atoms with van der Waals surface area (Å²) in [7, 11) is -3.37. The first-order chi connectivity index (χ1) is 11.8. The number of nitrogens with one attached hydrogen (secondary N) is 1. The van der Waals surface area contributed by atoms with Crippen molar-refractivity contribution in [1.29, 1.82) is 0 Å². The van der Waals surface area contributed by atoms with E-state index in [-0.39, 0.29) is 10.8 Å². The molecule has 0 unspecified atom stereocenters. The van der Waals surface area contributed by atoms with Crippen molar-refractivity contribution >= 4 is 38.9 Å². The molecule has 0 atom stereocenters. The third-order valence-corrected chi connectivity index (χ3v) is 5.74. The molecule has 0 aliphatic heterocycles. The van der Waals surface area contributed by atoms with Gasteiger partial charge in [-0.3, -0.25) is 9.10 Å². The molecule has 0 saturated carbocycles. The molecule has 0 aliphatic carbocycles. The summed E-state index contributed by atoms with van der Waals surface area (Å²) >= 11 is 5.68. The van der Waals surface area contributed by atoms with E-state index in [2.05, 4.69) is 5.32 Å². The lowest BCUT2D eigenvalue weighted by atomic mass is 10.2. The van der Waals surface area contributed by atoms with Gasteiger partial charge in [0.05, 0.1) is 16.5 Å². The SMILES string of the molecule is CCN(c1ccc(C(=O)Nc2ccc(F)c(Cl)c2)cc1)S(=O)(=O)CC. The van der Waals surface area contributed by atoms with Crippen molar-refractivity contribution in [2.24, 2.45) is 0 Å². The van der Waals surface area contributed by atoms with Crippen molar-refractivity contribution in [2.75, 3.05) is 21.9 Å². The van der Waals surface area contributed by atoms with Crippen molar-refractivity contribution in [2.45, 2.75) is 13.8 Å². The molecule has 134 valence electrons. The number of sulfonamides is 1. The van der Waals surface area contributed by atoms with Crippen LogP contribution in [0, 0.1) is 5.82 Å². The smallest absolute Gasteiger partial charge is 0.255 e. The summed E-state index contributed by atoms with van der Waals surface area (Å²) in [5.41, 5.74) is 1.20. The van der Waals surface area contributed by atoms with Crippen LogP contribution < -0.4 is 9.62 Å². The van der Waals surface area contributed by atoms with Gasteiger partial charge in [0.2, 0.25) is 10.0 Å². The summed E-state index contributed by atoms with van der Waals surface area (Å²) in [6, 6.07) is 10.1. The van der Waals surface area contributed by atoms with E-state index in [1.54, 1.807) is 26.0 Å². The number of carbonyl (C=O) groups is 1. The zero-order valence-corrected chi connectivity index (χ0v) is 15.4. The third-order valence-electron chi connectivity index (χ3n) is 3.58. The molecule has 0 radical (unpaired) electrons. The number of benzene rings is 2. The number of amides is 1. The van der Waals surface area contributed by atoms with Crippen molar-refractivity contribution in [3.63, 3.8) is 0 Å². The third kappa shape index (κ3) is 4.49. The highest BCUT2D eigenvalue weighted by atomic mass is 35.5. The van der Waals surface area contributed by atoms with Crippen LogP contribution in [0.5, 0.6) is 0 Å². The van der Waals surface area contributed by atoms with Crippen LogP contribution in [-0.2, 0) is 10.0 Å². The van der Waals surface area contributed by atoms with E-state index in [1.807, 2.05) is 0 Å². The Kier molecular flexibility index (Phi) is 6.02. The van der Waals surface area contributed by atoms with Gasteiger partial charge >= 0.3 is 0 Å². The molecule has 5 nitrogen and oxygen atoms in total. The van der Waals surface area contributed by atoms with E-state index in [4.69, 9.17) is 11.6 Å². The monoisotopic (exact) mass is 384 g/mol. The molecule has 1 amide bonds. The standard InChI is InChI=1S/C17H18ClFN2O3S/c1-3-21(25(23,24)4-2)14-8-5-12(6-9-14)17(22)20-13-7-10-16(19)15(18)11-13/h5-11H,3-4H2,1-2H3,(H,20,22). The fraction of sp³-hybridized carbons (Fsp3) is 0.235. The summed E-state index contributed by atoms with van der Waals surface area (Å²) < 4.78 is 38.5. The summed E-state index contributed by atoms with van der Waals surface area (Å²) in [5.74, 6) is -0.981. The minimum atomic E-state index is -3.37. The average Bonchev–Trinajstić information content (AvgIpc) is 2.59. The van der Waals surface area contributed by atoms with Gasteiger partial charge in [0.1, 0.15) is 5.82 Å². The lowest BCUT2D eigenvalue weighted by molar-refractivity contribution is 0.102. The Labute approximate surface area is 151 Å². The van der Waals surface area contributed by atoms with Crippen molar-refractivity contribution < 1.29 is 17.6 Å². The molecule has 0 aliphatic rings. The number of rotatable bonds is 6. The maximum absolute atomic E-state index is 13.1. The highest BCUT2D eigenvalue weighted by molar-refractivity contribution is 7.92. The molecule has 0 aromatic heterocycles.